The first-order valence-electron chi connectivity index (χ1n) is 13.4. The van der Waals surface area contributed by atoms with Gasteiger partial charge in [-0.25, -0.2) is 9.97 Å². The van der Waals surface area contributed by atoms with E-state index in [0.717, 1.165) is 71.5 Å². The Bertz CT molecular complexity index is 1540. The molecule has 4 aromatic rings. The summed E-state index contributed by atoms with van der Waals surface area (Å²) in [6, 6.07) is 12.5. The molecule has 1 saturated heterocycles. The lowest BCUT2D eigenvalue weighted by atomic mass is 9.90. The molecule has 4 heterocycles. The van der Waals surface area contributed by atoms with Crippen LogP contribution in [0.1, 0.15) is 48.1 Å². The number of amides is 1. The van der Waals surface area contributed by atoms with E-state index in [-0.39, 0.29) is 5.91 Å². The quantitative estimate of drug-likeness (QED) is 0.319. The molecular weight excluding hydrogens is 506 g/mol. The number of nitrogens with zero attached hydrogens (tertiary/aromatic N) is 7. The number of carbonyl (C=O) groups excluding carboxylic acids is 1. The van der Waals surface area contributed by atoms with E-state index in [0.29, 0.717) is 18.0 Å². The van der Waals surface area contributed by atoms with Gasteiger partial charge in [0.15, 0.2) is 5.13 Å². The van der Waals surface area contributed by atoms with E-state index in [2.05, 4.69) is 45.5 Å². The zero-order valence-corrected chi connectivity index (χ0v) is 24.1. The van der Waals surface area contributed by atoms with Crippen molar-refractivity contribution in [1.29, 1.82) is 5.26 Å². The molecule has 202 valence electrons. The molecule has 0 unspecified atom stereocenters. The van der Waals surface area contributed by atoms with Gasteiger partial charge in [0.25, 0.3) is 0 Å². The standard InChI is InChI=1S/C30H35N7OS/c1-6-25-29(35(5)30-33-26(19-39-30)24-9-7-20(2)15-23(24)16-31)37-17-22(8-10-27(37)32-25)21-11-13-36(14-12-21)18-28(38)34(3)4/h7-10,15,17,19,21H,6,11-14,18H2,1-5H3. The fourth-order valence-electron chi connectivity index (χ4n) is 5.29. The number of carbonyl (C=O) groups is 1. The van der Waals surface area contributed by atoms with Gasteiger partial charge in [0, 0.05) is 38.3 Å². The summed E-state index contributed by atoms with van der Waals surface area (Å²) in [6.07, 6.45) is 5.10. The Labute approximate surface area is 234 Å². The van der Waals surface area contributed by atoms with Gasteiger partial charge in [0.05, 0.1) is 29.6 Å². The summed E-state index contributed by atoms with van der Waals surface area (Å²) in [6.45, 7) is 6.45. The fraction of sp³-hybridized carbons (Fsp3) is 0.400. The second-order valence-electron chi connectivity index (χ2n) is 10.5. The first-order chi connectivity index (χ1) is 18.8. The minimum atomic E-state index is 0.157. The van der Waals surface area contributed by atoms with Crippen molar-refractivity contribution in [2.24, 2.45) is 0 Å². The van der Waals surface area contributed by atoms with Gasteiger partial charge >= 0.3 is 0 Å². The Morgan fingerprint density at radius 1 is 1.15 bits per heavy atom. The third-order valence-corrected chi connectivity index (χ3v) is 8.52. The van der Waals surface area contributed by atoms with E-state index in [1.165, 1.54) is 5.56 Å². The Kier molecular flexibility index (Phi) is 7.69. The number of anilines is 2. The first-order valence-corrected chi connectivity index (χ1v) is 14.3. The Balaban J connectivity index is 1.41. The predicted molar refractivity (Wildman–Crippen MR) is 157 cm³/mol. The van der Waals surface area contributed by atoms with Gasteiger partial charge in [-0.3, -0.25) is 14.1 Å². The number of likely N-dealkylation sites (N-methyl/N-ethyl adjacent to an activating group) is 1. The molecule has 3 aromatic heterocycles. The minimum absolute atomic E-state index is 0.157. The Morgan fingerprint density at radius 2 is 1.92 bits per heavy atom. The smallest absolute Gasteiger partial charge is 0.236 e. The van der Waals surface area contributed by atoms with Crippen LogP contribution < -0.4 is 4.90 Å². The molecule has 39 heavy (non-hydrogen) atoms. The van der Waals surface area contributed by atoms with Crippen molar-refractivity contribution < 1.29 is 4.79 Å². The SMILES string of the molecule is CCc1nc2ccc(C3CCN(CC(=O)N(C)C)CC3)cn2c1N(C)c1nc(-c2ccc(C)cc2C#N)cs1. The number of hydrogen-bond acceptors (Lipinski definition) is 7. The van der Waals surface area contributed by atoms with E-state index in [1.54, 1.807) is 16.2 Å². The summed E-state index contributed by atoms with van der Waals surface area (Å²) in [5.41, 5.74) is 6.61. The van der Waals surface area contributed by atoms with Crippen molar-refractivity contribution in [2.45, 2.75) is 39.0 Å². The minimum Gasteiger partial charge on any atom is -0.348 e. The maximum atomic E-state index is 12.1. The van der Waals surface area contributed by atoms with Crippen LogP contribution in [0.5, 0.6) is 0 Å². The van der Waals surface area contributed by atoms with Gasteiger partial charge in [0.2, 0.25) is 5.91 Å². The van der Waals surface area contributed by atoms with Crippen LogP contribution in [0.3, 0.4) is 0 Å². The van der Waals surface area contributed by atoms with E-state index in [1.807, 2.05) is 51.6 Å². The molecule has 1 aliphatic heterocycles. The van der Waals surface area contributed by atoms with Gasteiger partial charge in [-0.05, 0) is 68.5 Å². The van der Waals surface area contributed by atoms with E-state index in [4.69, 9.17) is 9.97 Å². The van der Waals surface area contributed by atoms with Crippen LogP contribution in [0.15, 0.2) is 41.9 Å². The van der Waals surface area contributed by atoms with Gasteiger partial charge in [-0.15, -0.1) is 11.3 Å². The van der Waals surface area contributed by atoms with Crippen LogP contribution in [-0.2, 0) is 11.2 Å². The zero-order chi connectivity index (χ0) is 27.7. The Hall–Kier alpha value is -3.74. The topological polar surface area (TPSA) is 80.8 Å². The Morgan fingerprint density at radius 3 is 2.62 bits per heavy atom. The summed E-state index contributed by atoms with van der Waals surface area (Å²) >= 11 is 1.57. The third-order valence-electron chi connectivity index (χ3n) is 7.61. The molecule has 1 fully saturated rings. The highest BCUT2D eigenvalue weighted by atomic mass is 32.1. The van der Waals surface area contributed by atoms with Crippen LogP contribution in [0.25, 0.3) is 16.9 Å². The van der Waals surface area contributed by atoms with Crippen LogP contribution in [0.4, 0.5) is 10.9 Å². The predicted octanol–water partition coefficient (Wildman–Crippen LogP) is 5.24. The van der Waals surface area contributed by atoms with E-state index >= 15 is 0 Å². The van der Waals surface area contributed by atoms with E-state index < -0.39 is 0 Å². The number of aryl methyl sites for hydroxylation is 2. The van der Waals surface area contributed by atoms with Crippen molar-refractivity contribution in [3.05, 3.63) is 64.3 Å². The molecular formula is C30H35N7OS. The number of fused-ring (bicyclic) bond motifs is 1. The molecule has 0 saturated carbocycles. The molecule has 0 bridgehead atoms. The average molecular weight is 542 g/mol. The number of aromatic nitrogens is 3. The second kappa shape index (κ2) is 11.2. The molecule has 1 aromatic carbocycles. The number of piperidine rings is 1. The number of benzene rings is 1. The monoisotopic (exact) mass is 541 g/mol. The fourth-order valence-corrected chi connectivity index (χ4v) is 6.09. The first kappa shape index (κ1) is 26.9. The molecule has 0 radical (unpaired) electrons. The number of pyridine rings is 1. The number of nitriles is 1. The highest BCUT2D eigenvalue weighted by Gasteiger charge is 2.25. The van der Waals surface area contributed by atoms with Crippen molar-refractivity contribution in [3.63, 3.8) is 0 Å². The number of imidazole rings is 1. The zero-order valence-electron chi connectivity index (χ0n) is 23.3. The lowest BCUT2D eigenvalue weighted by Gasteiger charge is -2.32. The maximum absolute atomic E-state index is 12.1. The largest absolute Gasteiger partial charge is 0.348 e. The maximum Gasteiger partial charge on any atom is 0.236 e. The van der Waals surface area contributed by atoms with Gasteiger partial charge < -0.3 is 9.80 Å². The molecule has 1 aliphatic rings. The summed E-state index contributed by atoms with van der Waals surface area (Å²) in [5, 5.41) is 12.5. The highest BCUT2D eigenvalue weighted by molar-refractivity contribution is 7.14. The number of likely N-dealkylation sites (tertiary alicyclic amines) is 1. The van der Waals surface area contributed by atoms with Crippen LogP contribution in [-0.4, -0.2) is 70.9 Å². The van der Waals surface area contributed by atoms with Crippen LogP contribution >= 0.6 is 11.3 Å². The van der Waals surface area contributed by atoms with Crippen molar-refractivity contribution in [1.82, 2.24) is 24.2 Å². The molecule has 0 N–H and O–H groups in total. The summed E-state index contributed by atoms with van der Waals surface area (Å²) < 4.78 is 2.20. The van der Waals surface area contributed by atoms with Crippen molar-refractivity contribution >= 4 is 33.8 Å². The second-order valence-corrected chi connectivity index (χ2v) is 11.3. The number of thiazole rings is 1. The molecule has 0 aliphatic carbocycles. The number of hydrogen-bond donors (Lipinski definition) is 0. The highest BCUT2D eigenvalue weighted by Crippen LogP contribution is 2.36. The molecule has 0 atom stereocenters. The van der Waals surface area contributed by atoms with Gasteiger partial charge in [-0.1, -0.05) is 25.1 Å². The normalized spacial score (nSPS) is 14.5. The molecule has 0 spiro atoms. The van der Waals surface area contributed by atoms with Gasteiger partial charge in [-0.2, -0.15) is 5.26 Å². The van der Waals surface area contributed by atoms with Gasteiger partial charge in [0.1, 0.15) is 11.5 Å². The summed E-state index contributed by atoms with van der Waals surface area (Å²) in [5.74, 6) is 1.63. The van der Waals surface area contributed by atoms with Crippen LogP contribution in [0.2, 0.25) is 0 Å². The lowest BCUT2D eigenvalue weighted by Crippen LogP contribution is -2.40. The summed E-state index contributed by atoms with van der Waals surface area (Å²) in [7, 11) is 5.67. The van der Waals surface area contributed by atoms with E-state index in [9.17, 15) is 10.1 Å². The lowest BCUT2D eigenvalue weighted by molar-refractivity contribution is -0.130. The summed E-state index contributed by atoms with van der Waals surface area (Å²) in [4.78, 5) is 28.0. The molecule has 9 heteroatoms. The third kappa shape index (κ3) is 5.40. The van der Waals surface area contributed by atoms with Crippen LogP contribution in [0, 0.1) is 18.3 Å². The van der Waals surface area contributed by atoms with Crippen molar-refractivity contribution in [3.8, 4) is 17.3 Å². The van der Waals surface area contributed by atoms with Crippen molar-refractivity contribution in [2.75, 3.05) is 45.7 Å². The number of rotatable bonds is 7. The molecule has 1 amide bonds. The molecule has 5 rings (SSSR count). The average Bonchev–Trinajstić information content (AvgIpc) is 3.57. The molecule has 8 nitrogen and oxygen atoms in total.